The van der Waals surface area contributed by atoms with Crippen LogP contribution in [0, 0.1) is 11.8 Å². The number of nitrogens with two attached hydrogens (primary N) is 1. The predicted molar refractivity (Wildman–Crippen MR) is 137 cm³/mol. The van der Waals surface area contributed by atoms with Crippen molar-refractivity contribution in [2.75, 3.05) is 39.3 Å². The SMILES string of the molecule is C[C@@H](O)[C@H]1C(=O)N2C(C(=O)[O-])=C(COc3cccc4c(CN5CCN(CC(N)=O)CC5)cccc34)[C@H](C)[C@H]12. The number of carboxylic acids is 1. The molecule has 3 aliphatic rings. The second-order valence-corrected chi connectivity index (χ2v) is 10.5. The van der Waals surface area contributed by atoms with E-state index in [1.165, 1.54) is 4.90 Å². The van der Waals surface area contributed by atoms with Crippen molar-refractivity contribution in [3.8, 4) is 5.75 Å². The van der Waals surface area contributed by atoms with Crippen LogP contribution in [0.1, 0.15) is 19.4 Å². The van der Waals surface area contributed by atoms with Crippen molar-refractivity contribution >= 4 is 28.6 Å². The predicted octanol–water partition coefficient (Wildman–Crippen LogP) is -0.317. The molecule has 2 aromatic rings. The summed E-state index contributed by atoms with van der Waals surface area (Å²) < 4.78 is 6.19. The van der Waals surface area contributed by atoms with Crippen molar-refractivity contribution in [1.82, 2.24) is 14.7 Å². The summed E-state index contributed by atoms with van der Waals surface area (Å²) in [6, 6.07) is 11.5. The van der Waals surface area contributed by atoms with Crippen molar-refractivity contribution < 1.29 is 29.3 Å². The number of amides is 2. The molecule has 3 aliphatic heterocycles. The van der Waals surface area contributed by atoms with E-state index < -0.39 is 29.9 Å². The number of aliphatic hydroxyl groups is 1. The van der Waals surface area contributed by atoms with Gasteiger partial charge in [-0.2, -0.15) is 0 Å². The highest BCUT2D eigenvalue weighted by molar-refractivity contribution is 5.99. The van der Waals surface area contributed by atoms with E-state index in [9.17, 15) is 24.6 Å². The molecule has 0 aliphatic carbocycles. The number of aliphatic carboxylic acids is 1. The number of ether oxygens (including phenoxy) is 1. The van der Waals surface area contributed by atoms with Gasteiger partial charge in [-0.05, 0) is 29.5 Å². The van der Waals surface area contributed by atoms with E-state index in [1.807, 2.05) is 37.3 Å². The second kappa shape index (κ2) is 10.4. The van der Waals surface area contributed by atoms with Crippen molar-refractivity contribution in [2.24, 2.45) is 17.6 Å². The molecule has 2 aromatic carbocycles. The normalized spacial score (nSPS) is 24.9. The standard InChI is InChI=1S/C28H34N4O6/c1-16-21(26(28(36)37)32-25(16)24(17(2)33)27(32)35)15-38-22-8-4-6-19-18(5-3-7-20(19)22)13-30-9-11-31(12-10-30)14-23(29)34/h3-8,16-17,24-25,33H,9-15H2,1-2H3,(H2,29,34)(H,36,37)/p-1/t16-,17+,24+,25+/m0/s1. The third kappa shape index (κ3) is 4.63. The van der Waals surface area contributed by atoms with Crippen LogP contribution in [-0.4, -0.2) is 89.1 Å². The summed E-state index contributed by atoms with van der Waals surface area (Å²) >= 11 is 0. The molecule has 0 saturated carbocycles. The number of primary amides is 1. The van der Waals surface area contributed by atoms with E-state index in [-0.39, 0.29) is 30.7 Å². The number of hydrogen-bond acceptors (Lipinski definition) is 8. The van der Waals surface area contributed by atoms with Crippen LogP contribution < -0.4 is 15.6 Å². The van der Waals surface area contributed by atoms with Gasteiger partial charge in [0, 0.05) is 44.0 Å². The Morgan fingerprint density at radius 2 is 1.76 bits per heavy atom. The zero-order valence-electron chi connectivity index (χ0n) is 21.6. The molecule has 2 saturated heterocycles. The fourth-order valence-corrected chi connectivity index (χ4v) is 6.16. The lowest BCUT2D eigenvalue weighted by atomic mass is 9.78. The van der Waals surface area contributed by atoms with Gasteiger partial charge in [-0.1, -0.05) is 37.3 Å². The molecule has 0 radical (unpaired) electrons. The Labute approximate surface area is 221 Å². The molecule has 3 N–H and O–H groups in total. The molecule has 38 heavy (non-hydrogen) atoms. The number of carbonyl (C=O) groups is 3. The van der Waals surface area contributed by atoms with Gasteiger partial charge >= 0.3 is 0 Å². The molecule has 0 aromatic heterocycles. The minimum Gasteiger partial charge on any atom is -0.543 e. The van der Waals surface area contributed by atoms with E-state index >= 15 is 0 Å². The molecule has 5 rings (SSSR count). The summed E-state index contributed by atoms with van der Waals surface area (Å²) in [7, 11) is 0. The zero-order valence-corrected chi connectivity index (χ0v) is 21.6. The van der Waals surface area contributed by atoms with Crippen LogP contribution in [0.15, 0.2) is 47.7 Å². The van der Waals surface area contributed by atoms with E-state index in [2.05, 4.69) is 15.9 Å². The Kier molecular flexibility index (Phi) is 7.13. The maximum Gasteiger partial charge on any atom is 0.235 e. The molecule has 3 heterocycles. The van der Waals surface area contributed by atoms with Crippen LogP contribution in [0.5, 0.6) is 5.75 Å². The van der Waals surface area contributed by atoms with Gasteiger partial charge in [-0.25, -0.2) is 0 Å². The maximum atomic E-state index is 12.6. The third-order valence-electron chi connectivity index (χ3n) is 8.10. The number of β-lactam (4-membered cyclic amide) rings is 1. The number of benzene rings is 2. The molecule has 2 amide bonds. The fourth-order valence-electron chi connectivity index (χ4n) is 6.16. The third-order valence-corrected chi connectivity index (χ3v) is 8.10. The molecule has 2 fully saturated rings. The molecule has 4 atom stereocenters. The smallest absolute Gasteiger partial charge is 0.235 e. The fraction of sp³-hybridized carbons (Fsp3) is 0.464. The molecule has 10 nitrogen and oxygen atoms in total. The zero-order chi connectivity index (χ0) is 27.1. The minimum absolute atomic E-state index is 0.00243. The highest BCUT2D eigenvalue weighted by Crippen LogP contribution is 2.47. The molecule has 10 heteroatoms. The van der Waals surface area contributed by atoms with Gasteiger partial charge in [0.25, 0.3) is 0 Å². The topological polar surface area (TPSA) is 139 Å². The lowest BCUT2D eigenvalue weighted by Crippen LogP contribution is -2.64. The first kappa shape index (κ1) is 26.1. The first-order valence-electron chi connectivity index (χ1n) is 13.0. The second-order valence-electron chi connectivity index (χ2n) is 10.5. The summed E-state index contributed by atoms with van der Waals surface area (Å²) in [6.07, 6.45) is -0.864. The van der Waals surface area contributed by atoms with E-state index in [0.29, 0.717) is 11.3 Å². The molecular weight excluding hydrogens is 488 g/mol. The summed E-state index contributed by atoms with van der Waals surface area (Å²) in [4.78, 5) is 41.4. The van der Waals surface area contributed by atoms with Gasteiger partial charge in [0.15, 0.2) is 0 Å². The highest BCUT2D eigenvalue weighted by atomic mass is 16.5. The van der Waals surface area contributed by atoms with Crippen molar-refractivity contribution in [1.29, 1.82) is 0 Å². The van der Waals surface area contributed by atoms with Gasteiger partial charge in [-0.3, -0.25) is 19.4 Å². The number of carboxylic acid groups (broad SMARTS) is 1. The molecule has 0 bridgehead atoms. The largest absolute Gasteiger partial charge is 0.543 e. The number of nitrogens with zero attached hydrogens (tertiary/aromatic N) is 3. The van der Waals surface area contributed by atoms with Gasteiger partial charge in [0.2, 0.25) is 11.8 Å². The Bertz CT molecular complexity index is 1300. The van der Waals surface area contributed by atoms with Gasteiger partial charge in [-0.15, -0.1) is 0 Å². The first-order chi connectivity index (χ1) is 18.2. The van der Waals surface area contributed by atoms with Crippen LogP contribution >= 0.6 is 0 Å². The van der Waals surface area contributed by atoms with Crippen molar-refractivity contribution in [2.45, 2.75) is 32.5 Å². The average Bonchev–Trinajstić information content (AvgIpc) is 3.11. The number of rotatable bonds is 9. The van der Waals surface area contributed by atoms with Gasteiger partial charge in [0.1, 0.15) is 12.4 Å². The summed E-state index contributed by atoms with van der Waals surface area (Å²) in [5.74, 6) is -2.40. The summed E-state index contributed by atoms with van der Waals surface area (Å²) in [6.45, 7) is 7.68. The van der Waals surface area contributed by atoms with Gasteiger partial charge in [0.05, 0.1) is 36.3 Å². The van der Waals surface area contributed by atoms with E-state index in [1.54, 1.807) is 6.92 Å². The van der Waals surface area contributed by atoms with E-state index in [4.69, 9.17) is 10.5 Å². The van der Waals surface area contributed by atoms with Crippen LogP contribution in [0.25, 0.3) is 10.8 Å². The first-order valence-corrected chi connectivity index (χ1v) is 13.0. The molecule has 0 spiro atoms. The Balaban J connectivity index is 1.33. The molecular formula is C28H33N4O6-. The summed E-state index contributed by atoms with van der Waals surface area (Å²) in [5, 5.41) is 24.0. The Morgan fingerprint density at radius 3 is 2.42 bits per heavy atom. The summed E-state index contributed by atoms with van der Waals surface area (Å²) in [5.41, 5.74) is 6.83. The van der Waals surface area contributed by atoms with Crippen LogP contribution in [0.2, 0.25) is 0 Å². The number of fused-ring (bicyclic) bond motifs is 2. The van der Waals surface area contributed by atoms with Gasteiger partial charge < -0.3 is 30.4 Å². The maximum absolute atomic E-state index is 12.6. The lowest BCUT2D eigenvalue weighted by molar-refractivity contribution is -0.301. The number of hydrogen-bond donors (Lipinski definition) is 2. The lowest BCUT2D eigenvalue weighted by Gasteiger charge is -2.47. The monoisotopic (exact) mass is 521 g/mol. The number of aliphatic hydroxyl groups excluding tert-OH is 1. The average molecular weight is 522 g/mol. The Hall–Kier alpha value is -3.47. The van der Waals surface area contributed by atoms with Crippen molar-refractivity contribution in [3.63, 3.8) is 0 Å². The van der Waals surface area contributed by atoms with Crippen LogP contribution in [0.3, 0.4) is 0 Å². The van der Waals surface area contributed by atoms with Crippen molar-refractivity contribution in [3.05, 3.63) is 53.2 Å². The quantitative estimate of drug-likeness (QED) is 0.428. The van der Waals surface area contributed by atoms with Crippen LogP contribution in [-0.2, 0) is 20.9 Å². The molecule has 0 unspecified atom stereocenters. The number of carbonyl (C=O) groups excluding carboxylic acids is 3. The molecule has 202 valence electrons. The minimum atomic E-state index is -1.41. The Morgan fingerprint density at radius 1 is 1.11 bits per heavy atom. The highest BCUT2D eigenvalue weighted by Gasteiger charge is 2.58. The van der Waals surface area contributed by atoms with Crippen LogP contribution in [0.4, 0.5) is 0 Å². The van der Waals surface area contributed by atoms with E-state index in [0.717, 1.165) is 49.1 Å². The number of piperazine rings is 1.